The Morgan fingerprint density at radius 3 is 3.00 bits per heavy atom. The van der Waals surface area contributed by atoms with Crippen LogP contribution in [-0.2, 0) is 4.79 Å². The molecule has 0 saturated carbocycles. The van der Waals surface area contributed by atoms with Crippen LogP contribution in [0.15, 0.2) is 0 Å². The number of likely N-dealkylation sites (tertiary alicyclic amines) is 1. The van der Waals surface area contributed by atoms with Gasteiger partial charge in [-0.15, -0.1) is 0 Å². The molecule has 1 amide bonds. The fourth-order valence-corrected chi connectivity index (χ4v) is 1.89. The van der Waals surface area contributed by atoms with Gasteiger partial charge in [0.25, 0.3) is 0 Å². The normalized spacial score (nSPS) is 23.2. The van der Waals surface area contributed by atoms with Crippen LogP contribution in [0.5, 0.6) is 0 Å². The number of nitrogens with zero attached hydrogens (tertiary/aromatic N) is 1. The molecule has 1 unspecified atom stereocenters. The van der Waals surface area contributed by atoms with Crippen molar-refractivity contribution >= 4 is 18.5 Å². The molecule has 0 aliphatic carbocycles. The van der Waals surface area contributed by atoms with Gasteiger partial charge >= 0.3 is 0 Å². The maximum Gasteiger partial charge on any atom is 0.223 e. The van der Waals surface area contributed by atoms with Crippen LogP contribution in [0, 0.1) is 5.92 Å². The van der Waals surface area contributed by atoms with E-state index in [1.165, 1.54) is 0 Å². The first-order valence-corrected chi connectivity index (χ1v) is 5.40. The van der Waals surface area contributed by atoms with Gasteiger partial charge in [0.1, 0.15) is 0 Å². The second-order valence-electron chi connectivity index (χ2n) is 3.50. The summed E-state index contributed by atoms with van der Waals surface area (Å²) in [5.74, 6) is 1.07. The van der Waals surface area contributed by atoms with Gasteiger partial charge < -0.3 is 10.0 Å². The monoisotopic (exact) mass is 203 g/mol. The number of carbonyl (C=O) groups excluding carboxylic acids is 1. The molecule has 1 N–H and O–H groups in total. The summed E-state index contributed by atoms with van der Waals surface area (Å²) in [6.07, 6.45) is 2.58. The molecule has 1 heterocycles. The van der Waals surface area contributed by atoms with Gasteiger partial charge in [-0.25, -0.2) is 0 Å². The van der Waals surface area contributed by atoms with Gasteiger partial charge in [-0.2, -0.15) is 12.6 Å². The molecule has 13 heavy (non-hydrogen) atoms. The summed E-state index contributed by atoms with van der Waals surface area (Å²) in [5.41, 5.74) is 0. The number of aliphatic hydroxyl groups excluding tert-OH is 1. The van der Waals surface area contributed by atoms with E-state index in [0.717, 1.165) is 25.9 Å². The maximum atomic E-state index is 11.5. The van der Waals surface area contributed by atoms with Crippen LogP contribution in [-0.4, -0.2) is 41.4 Å². The van der Waals surface area contributed by atoms with E-state index in [0.29, 0.717) is 12.2 Å². The van der Waals surface area contributed by atoms with Crippen LogP contribution in [0.2, 0.25) is 0 Å². The van der Waals surface area contributed by atoms with Crippen molar-refractivity contribution in [2.75, 3.05) is 25.4 Å². The number of thiol groups is 1. The average Bonchev–Trinajstić information content (AvgIpc) is 2.18. The minimum absolute atomic E-state index is 0.174. The average molecular weight is 203 g/mol. The first-order valence-electron chi connectivity index (χ1n) is 4.77. The van der Waals surface area contributed by atoms with Gasteiger partial charge in [-0.05, 0) is 24.5 Å². The number of rotatable bonds is 3. The summed E-state index contributed by atoms with van der Waals surface area (Å²) >= 11 is 4.03. The largest absolute Gasteiger partial charge is 0.396 e. The lowest BCUT2D eigenvalue weighted by Crippen LogP contribution is -2.40. The molecule has 1 saturated heterocycles. The first-order chi connectivity index (χ1) is 6.27. The van der Waals surface area contributed by atoms with E-state index in [4.69, 9.17) is 5.11 Å². The van der Waals surface area contributed by atoms with Gasteiger partial charge in [-0.1, -0.05) is 0 Å². The van der Waals surface area contributed by atoms with Crippen molar-refractivity contribution in [3.05, 3.63) is 0 Å². The summed E-state index contributed by atoms with van der Waals surface area (Å²) in [5, 5.41) is 8.97. The molecular formula is C9H17NO2S. The van der Waals surface area contributed by atoms with Crippen molar-refractivity contribution < 1.29 is 9.90 Å². The van der Waals surface area contributed by atoms with E-state index in [2.05, 4.69) is 12.6 Å². The van der Waals surface area contributed by atoms with Crippen molar-refractivity contribution in [3.63, 3.8) is 0 Å². The van der Waals surface area contributed by atoms with E-state index in [1.54, 1.807) is 0 Å². The minimum atomic E-state index is 0.174. The van der Waals surface area contributed by atoms with Crippen LogP contribution in [0.1, 0.15) is 19.3 Å². The highest BCUT2D eigenvalue weighted by molar-refractivity contribution is 7.80. The Hall–Kier alpha value is -0.220. The molecule has 0 bridgehead atoms. The fourth-order valence-electron chi connectivity index (χ4n) is 1.69. The van der Waals surface area contributed by atoms with E-state index in [9.17, 15) is 4.79 Å². The van der Waals surface area contributed by atoms with Crippen molar-refractivity contribution in [1.82, 2.24) is 4.90 Å². The van der Waals surface area contributed by atoms with Crippen molar-refractivity contribution in [1.29, 1.82) is 0 Å². The molecule has 1 atom stereocenters. The number of piperidine rings is 1. The molecule has 0 radical (unpaired) electrons. The van der Waals surface area contributed by atoms with Gasteiger partial charge in [0.15, 0.2) is 0 Å². The Kier molecular flexibility index (Phi) is 4.59. The Balaban J connectivity index is 2.37. The smallest absolute Gasteiger partial charge is 0.223 e. The molecule has 1 rings (SSSR count). The van der Waals surface area contributed by atoms with Crippen LogP contribution < -0.4 is 0 Å². The minimum Gasteiger partial charge on any atom is -0.396 e. The van der Waals surface area contributed by atoms with Gasteiger partial charge in [0, 0.05) is 26.1 Å². The Bertz CT molecular complexity index is 175. The number of hydrogen-bond acceptors (Lipinski definition) is 3. The highest BCUT2D eigenvalue weighted by atomic mass is 32.1. The number of hydrogen-bond donors (Lipinski definition) is 2. The van der Waals surface area contributed by atoms with Gasteiger partial charge in [0.05, 0.1) is 0 Å². The van der Waals surface area contributed by atoms with Crippen molar-refractivity contribution in [2.24, 2.45) is 5.92 Å². The molecule has 76 valence electrons. The molecule has 0 aromatic rings. The zero-order valence-electron chi connectivity index (χ0n) is 7.78. The molecule has 0 aromatic heterocycles. The molecule has 4 heteroatoms. The highest BCUT2D eigenvalue weighted by Gasteiger charge is 2.22. The van der Waals surface area contributed by atoms with Crippen molar-refractivity contribution in [3.8, 4) is 0 Å². The van der Waals surface area contributed by atoms with Crippen LogP contribution in [0.25, 0.3) is 0 Å². The van der Waals surface area contributed by atoms with Crippen LogP contribution in [0.4, 0.5) is 0 Å². The summed E-state index contributed by atoms with van der Waals surface area (Å²) < 4.78 is 0. The number of amides is 1. The van der Waals surface area contributed by atoms with Crippen LogP contribution in [0.3, 0.4) is 0 Å². The number of aliphatic hydroxyl groups is 1. The lowest BCUT2D eigenvalue weighted by molar-refractivity contribution is -0.132. The molecule has 1 aliphatic heterocycles. The quantitative estimate of drug-likeness (QED) is 0.657. The third-order valence-corrected chi connectivity index (χ3v) is 2.68. The van der Waals surface area contributed by atoms with E-state index < -0.39 is 0 Å². The summed E-state index contributed by atoms with van der Waals surface area (Å²) in [7, 11) is 0. The fraction of sp³-hybridized carbons (Fsp3) is 0.889. The van der Waals surface area contributed by atoms with Gasteiger partial charge in [-0.3, -0.25) is 4.79 Å². The zero-order valence-corrected chi connectivity index (χ0v) is 8.67. The van der Waals surface area contributed by atoms with Crippen molar-refractivity contribution in [2.45, 2.75) is 19.3 Å². The molecule has 0 spiro atoms. The summed E-state index contributed by atoms with van der Waals surface area (Å²) in [6, 6.07) is 0. The second-order valence-corrected chi connectivity index (χ2v) is 3.95. The van der Waals surface area contributed by atoms with E-state index in [1.807, 2.05) is 4.90 Å². The highest BCUT2D eigenvalue weighted by Crippen LogP contribution is 2.16. The third-order valence-electron chi connectivity index (χ3n) is 2.46. The molecule has 3 nitrogen and oxygen atoms in total. The summed E-state index contributed by atoms with van der Waals surface area (Å²) in [6.45, 7) is 1.77. The zero-order chi connectivity index (χ0) is 9.68. The Morgan fingerprint density at radius 2 is 2.38 bits per heavy atom. The predicted octanol–water partition coefficient (Wildman–Crippen LogP) is 0.537. The van der Waals surface area contributed by atoms with Gasteiger partial charge in [0.2, 0.25) is 5.91 Å². The van der Waals surface area contributed by atoms with E-state index in [-0.39, 0.29) is 18.4 Å². The Labute approximate surface area is 84.5 Å². The molecule has 1 aliphatic rings. The molecular weight excluding hydrogens is 186 g/mol. The predicted molar refractivity (Wildman–Crippen MR) is 54.9 cm³/mol. The summed E-state index contributed by atoms with van der Waals surface area (Å²) in [4.78, 5) is 13.3. The molecule has 1 fully saturated rings. The number of carbonyl (C=O) groups is 1. The standard InChI is InChI=1S/C9H17NO2S/c11-7-8-2-1-4-10(6-8)9(12)3-5-13/h8,11,13H,1-7H2. The lowest BCUT2D eigenvalue weighted by atomic mass is 9.99. The first kappa shape index (κ1) is 10.9. The molecule has 0 aromatic carbocycles. The second kappa shape index (κ2) is 5.50. The van der Waals surface area contributed by atoms with Crippen LogP contribution >= 0.6 is 12.6 Å². The SMILES string of the molecule is O=C(CCS)N1CCCC(CO)C1. The maximum absolute atomic E-state index is 11.5. The third kappa shape index (κ3) is 3.19. The van der Waals surface area contributed by atoms with E-state index >= 15 is 0 Å². The lowest BCUT2D eigenvalue weighted by Gasteiger charge is -2.31. The Morgan fingerprint density at radius 1 is 1.62 bits per heavy atom. The topological polar surface area (TPSA) is 40.5 Å².